The minimum atomic E-state index is -0.470. The first-order valence-corrected chi connectivity index (χ1v) is 5.63. The lowest BCUT2D eigenvalue weighted by atomic mass is 10.2. The highest BCUT2D eigenvalue weighted by Gasteiger charge is 2.08. The van der Waals surface area contributed by atoms with Crippen LogP contribution in [0.4, 0.5) is 5.69 Å². The normalized spacial score (nSPS) is 11.9. The van der Waals surface area contributed by atoms with Crippen LogP contribution in [-0.2, 0) is 4.74 Å². The van der Waals surface area contributed by atoms with Gasteiger partial charge in [-0.3, -0.25) is 0 Å². The highest BCUT2D eigenvalue weighted by atomic mass is 16.5. The molecule has 5 nitrogen and oxygen atoms in total. The minimum Gasteiger partial charge on any atom is -0.464 e. The van der Waals surface area contributed by atoms with Crippen LogP contribution in [0.25, 0.3) is 0 Å². The number of carbonyl (C=O) groups is 1. The van der Waals surface area contributed by atoms with E-state index in [9.17, 15) is 9.90 Å². The van der Waals surface area contributed by atoms with E-state index in [1.54, 1.807) is 12.1 Å². The van der Waals surface area contributed by atoms with Gasteiger partial charge < -0.3 is 15.2 Å². The highest BCUT2D eigenvalue weighted by Crippen LogP contribution is 2.09. The van der Waals surface area contributed by atoms with Gasteiger partial charge in [0, 0.05) is 18.4 Å². The molecular weight excluding hydrogens is 220 g/mol. The molecule has 0 bridgehead atoms. The number of ether oxygens (including phenoxy) is 1. The Morgan fingerprint density at radius 2 is 2.41 bits per heavy atom. The summed E-state index contributed by atoms with van der Waals surface area (Å²) in [5.41, 5.74) is 0.998. The molecule has 1 rings (SSSR count). The molecule has 0 aliphatic rings. The lowest BCUT2D eigenvalue weighted by molar-refractivity contribution is 0.0594. The summed E-state index contributed by atoms with van der Waals surface area (Å²) < 4.78 is 4.58. The average Bonchev–Trinajstić information content (AvgIpc) is 2.36. The Balaban J connectivity index is 2.57. The first kappa shape index (κ1) is 13.4. The molecule has 0 saturated carbocycles. The van der Waals surface area contributed by atoms with Crippen LogP contribution in [0.1, 0.15) is 30.3 Å². The quantitative estimate of drug-likeness (QED) is 0.734. The van der Waals surface area contributed by atoms with E-state index in [4.69, 9.17) is 0 Å². The van der Waals surface area contributed by atoms with E-state index in [0.29, 0.717) is 6.54 Å². The largest absolute Gasteiger partial charge is 0.464 e. The summed E-state index contributed by atoms with van der Waals surface area (Å²) in [5, 5.41) is 12.6. The fourth-order valence-electron chi connectivity index (χ4n) is 1.43. The molecule has 0 spiro atoms. The van der Waals surface area contributed by atoms with Gasteiger partial charge in [0.2, 0.25) is 0 Å². The summed E-state index contributed by atoms with van der Waals surface area (Å²) in [5.74, 6) is -0.470. The number of pyridine rings is 1. The number of nitrogens with zero attached hydrogens (tertiary/aromatic N) is 1. The first-order valence-electron chi connectivity index (χ1n) is 5.63. The Bertz CT molecular complexity index is 369. The number of hydrogen-bond donors (Lipinski definition) is 2. The molecule has 1 atom stereocenters. The van der Waals surface area contributed by atoms with Gasteiger partial charge in [-0.15, -0.1) is 0 Å². The zero-order valence-corrected chi connectivity index (χ0v) is 10.1. The van der Waals surface area contributed by atoms with Gasteiger partial charge in [0.15, 0.2) is 0 Å². The van der Waals surface area contributed by atoms with Crippen molar-refractivity contribution in [2.75, 3.05) is 19.0 Å². The number of aliphatic hydroxyl groups excluding tert-OH is 1. The Kier molecular flexibility index (Phi) is 5.42. The predicted molar refractivity (Wildman–Crippen MR) is 65.0 cm³/mol. The highest BCUT2D eigenvalue weighted by molar-refractivity contribution is 5.88. The molecule has 1 aromatic rings. The van der Waals surface area contributed by atoms with E-state index >= 15 is 0 Å². The van der Waals surface area contributed by atoms with E-state index < -0.39 is 5.97 Å². The van der Waals surface area contributed by atoms with Crippen LogP contribution in [0.5, 0.6) is 0 Å². The van der Waals surface area contributed by atoms with Crippen LogP contribution in [-0.4, -0.2) is 35.8 Å². The van der Waals surface area contributed by atoms with Crippen molar-refractivity contribution in [3.05, 3.63) is 24.0 Å². The van der Waals surface area contributed by atoms with Crippen molar-refractivity contribution < 1.29 is 14.6 Å². The Labute approximate surface area is 101 Å². The molecule has 0 aliphatic heterocycles. The third-order valence-corrected chi connectivity index (χ3v) is 2.32. The summed E-state index contributed by atoms with van der Waals surface area (Å²) in [6, 6.07) is 3.34. The van der Waals surface area contributed by atoms with Crippen molar-refractivity contribution in [3.63, 3.8) is 0 Å². The average molecular weight is 238 g/mol. The number of rotatable bonds is 6. The maximum absolute atomic E-state index is 11.2. The second-order valence-corrected chi connectivity index (χ2v) is 3.74. The summed E-state index contributed by atoms with van der Waals surface area (Å²) in [7, 11) is 1.31. The smallest absolute Gasteiger partial charge is 0.356 e. The summed E-state index contributed by atoms with van der Waals surface area (Å²) in [6.07, 6.45) is 2.84. The van der Waals surface area contributed by atoms with Crippen molar-refractivity contribution in [1.82, 2.24) is 4.98 Å². The van der Waals surface area contributed by atoms with Crippen LogP contribution in [0, 0.1) is 0 Å². The van der Waals surface area contributed by atoms with Gasteiger partial charge in [0.05, 0.1) is 13.2 Å². The number of nitrogens with one attached hydrogen (secondary N) is 1. The molecule has 0 aromatic carbocycles. The number of aromatic nitrogens is 1. The number of carbonyl (C=O) groups excluding carboxylic acids is 1. The van der Waals surface area contributed by atoms with Gasteiger partial charge in [-0.25, -0.2) is 9.78 Å². The van der Waals surface area contributed by atoms with E-state index in [0.717, 1.165) is 18.5 Å². The third kappa shape index (κ3) is 4.40. The number of hydrogen-bond acceptors (Lipinski definition) is 5. The summed E-state index contributed by atoms with van der Waals surface area (Å²) in [6.45, 7) is 2.48. The van der Waals surface area contributed by atoms with Crippen molar-refractivity contribution in [1.29, 1.82) is 0 Å². The Morgan fingerprint density at radius 3 is 3.06 bits per heavy atom. The Hall–Kier alpha value is -1.62. The van der Waals surface area contributed by atoms with Crippen LogP contribution in [0.15, 0.2) is 18.3 Å². The van der Waals surface area contributed by atoms with Gasteiger partial charge in [-0.05, 0) is 18.6 Å². The fourth-order valence-corrected chi connectivity index (χ4v) is 1.43. The Morgan fingerprint density at radius 1 is 1.65 bits per heavy atom. The van der Waals surface area contributed by atoms with Gasteiger partial charge in [-0.1, -0.05) is 13.3 Å². The molecule has 0 fully saturated rings. The van der Waals surface area contributed by atoms with Crippen molar-refractivity contribution >= 4 is 11.7 Å². The lowest BCUT2D eigenvalue weighted by Gasteiger charge is -2.11. The van der Waals surface area contributed by atoms with E-state index in [1.165, 1.54) is 13.3 Å². The van der Waals surface area contributed by atoms with E-state index in [1.807, 2.05) is 6.92 Å². The van der Waals surface area contributed by atoms with Crippen molar-refractivity contribution in [2.45, 2.75) is 25.9 Å². The molecule has 2 N–H and O–H groups in total. The molecule has 1 unspecified atom stereocenters. The predicted octanol–water partition coefficient (Wildman–Crippen LogP) is 1.44. The zero-order valence-electron chi connectivity index (χ0n) is 10.1. The number of anilines is 1. The fraction of sp³-hybridized carbons (Fsp3) is 0.500. The monoisotopic (exact) mass is 238 g/mol. The molecule has 0 saturated heterocycles. The molecular formula is C12H18N2O3. The minimum absolute atomic E-state index is 0.252. The molecule has 94 valence electrons. The molecule has 1 heterocycles. The molecule has 0 amide bonds. The maximum Gasteiger partial charge on any atom is 0.356 e. The van der Waals surface area contributed by atoms with Crippen molar-refractivity contribution in [2.24, 2.45) is 0 Å². The van der Waals surface area contributed by atoms with Gasteiger partial charge in [-0.2, -0.15) is 0 Å². The zero-order chi connectivity index (χ0) is 12.7. The van der Waals surface area contributed by atoms with Crippen LogP contribution in [0.3, 0.4) is 0 Å². The molecule has 1 aromatic heterocycles. The van der Waals surface area contributed by atoms with Gasteiger partial charge in [0.25, 0.3) is 0 Å². The maximum atomic E-state index is 11.2. The summed E-state index contributed by atoms with van der Waals surface area (Å²) in [4.78, 5) is 15.1. The number of methoxy groups -OCH3 is 1. The van der Waals surface area contributed by atoms with Crippen LogP contribution < -0.4 is 5.32 Å². The van der Waals surface area contributed by atoms with Crippen LogP contribution >= 0.6 is 0 Å². The summed E-state index contributed by atoms with van der Waals surface area (Å²) >= 11 is 0. The number of aliphatic hydroxyl groups is 1. The van der Waals surface area contributed by atoms with E-state index in [2.05, 4.69) is 15.0 Å². The van der Waals surface area contributed by atoms with Gasteiger partial charge >= 0.3 is 5.97 Å². The standard InChI is InChI=1S/C12H18N2O3/c1-3-4-10(15)8-14-9-5-6-13-11(7-9)12(16)17-2/h5-7,10,15H,3-4,8H2,1-2H3,(H,13,14). The molecule has 0 aliphatic carbocycles. The molecule has 17 heavy (non-hydrogen) atoms. The molecule has 5 heteroatoms. The van der Waals surface area contributed by atoms with Gasteiger partial charge in [0.1, 0.15) is 5.69 Å². The first-order chi connectivity index (χ1) is 8.17. The topological polar surface area (TPSA) is 71.5 Å². The second kappa shape index (κ2) is 6.85. The van der Waals surface area contributed by atoms with Crippen LogP contribution in [0.2, 0.25) is 0 Å². The number of esters is 1. The van der Waals surface area contributed by atoms with Crippen molar-refractivity contribution in [3.8, 4) is 0 Å². The second-order valence-electron chi connectivity index (χ2n) is 3.74. The SMILES string of the molecule is CCCC(O)CNc1ccnc(C(=O)OC)c1. The van der Waals surface area contributed by atoms with E-state index in [-0.39, 0.29) is 11.8 Å². The lowest BCUT2D eigenvalue weighted by Crippen LogP contribution is -2.19. The third-order valence-electron chi connectivity index (χ3n) is 2.32. The molecule has 0 radical (unpaired) electrons.